The number of benzene rings is 2. The molecule has 1 aliphatic heterocycles. The maximum atomic E-state index is 5.52. The molecule has 1 fully saturated rings. The summed E-state index contributed by atoms with van der Waals surface area (Å²) in [7, 11) is 0. The van der Waals surface area contributed by atoms with E-state index in [2.05, 4.69) is 75.6 Å². The fourth-order valence-electron chi connectivity index (χ4n) is 4.10. The Bertz CT molecular complexity index is 1220. The van der Waals surface area contributed by atoms with Crippen molar-refractivity contribution in [2.24, 2.45) is 0 Å². The number of hydrogen-bond acceptors (Lipinski definition) is 7. The van der Waals surface area contributed by atoms with Gasteiger partial charge in [-0.15, -0.1) is 10.2 Å². The van der Waals surface area contributed by atoms with Crippen molar-refractivity contribution >= 4 is 16.6 Å². The molecule has 7 nitrogen and oxygen atoms in total. The van der Waals surface area contributed by atoms with E-state index in [-0.39, 0.29) is 0 Å². The number of hydrogen-bond donors (Lipinski definition) is 1. The highest BCUT2D eigenvalue weighted by Crippen LogP contribution is 2.35. The number of morpholine rings is 1. The van der Waals surface area contributed by atoms with Crippen molar-refractivity contribution < 1.29 is 9.15 Å². The Morgan fingerprint density at radius 3 is 2.59 bits per heavy atom. The molecule has 0 aliphatic carbocycles. The largest absolute Gasteiger partial charge is 0.423 e. The normalized spacial score (nSPS) is 14.7. The molecule has 5 rings (SSSR count). The summed E-state index contributed by atoms with van der Waals surface area (Å²) in [5.74, 6) is 0.463. The van der Waals surface area contributed by atoms with Gasteiger partial charge in [-0.25, -0.2) is 0 Å². The lowest BCUT2D eigenvalue weighted by molar-refractivity contribution is 0.0398. The van der Waals surface area contributed by atoms with Crippen LogP contribution in [-0.2, 0) is 4.74 Å². The highest BCUT2D eigenvalue weighted by Gasteiger charge is 2.16. The molecule has 7 heteroatoms. The van der Waals surface area contributed by atoms with Crippen molar-refractivity contribution in [1.82, 2.24) is 20.1 Å². The molecule has 32 heavy (non-hydrogen) atoms. The number of ether oxygens (including phenoxy) is 1. The number of fused-ring (bicyclic) bond motifs is 1. The van der Waals surface area contributed by atoms with Crippen LogP contribution >= 0.6 is 0 Å². The fourth-order valence-corrected chi connectivity index (χ4v) is 4.10. The van der Waals surface area contributed by atoms with Crippen LogP contribution in [0, 0.1) is 13.8 Å². The summed E-state index contributed by atoms with van der Waals surface area (Å²) in [5.41, 5.74) is 7.63. The van der Waals surface area contributed by atoms with Gasteiger partial charge in [0.25, 0.3) is 5.89 Å². The van der Waals surface area contributed by atoms with Gasteiger partial charge in [-0.3, -0.25) is 9.88 Å². The zero-order valence-electron chi connectivity index (χ0n) is 18.5. The average Bonchev–Trinajstić information content (AvgIpc) is 3.36. The Kier molecular flexibility index (Phi) is 5.83. The van der Waals surface area contributed by atoms with Gasteiger partial charge in [0.05, 0.1) is 30.0 Å². The SMILES string of the molecule is Cc1ccc(-c2ccc3ncc(-c4nnco4)c(NCCN4CCOCC4)c3c2)cc1C. The molecule has 3 heterocycles. The summed E-state index contributed by atoms with van der Waals surface area (Å²) < 4.78 is 11.0. The van der Waals surface area contributed by atoms with Crippen molar-refractivity contribution in [3.05, 3.63) is 60.1 Å². The lowest BCUT2D eigenvalue weighted by atomic mass is 9.98. The summed E-state index contributed by atoms with van der Waals surface area (Å²) >= 11 is 0. The van der Waals surface area contributed by atoms with Gasteiger partial charge in [-0.05, 0) is 48.2 Å². The van der Waals surface area contributed by atoms with Crippen molar-refractivity contribution in [2.75, 3.05) is 44.7 Å². The predicted octanol–water partition coefficient (Wildman–Crippen LogP) is 4.31. The Balaban J connectivity index is 1.53. The van der Waals surface area contributed by atoms with Crippen molar-refractivity contribution in [1.29, 1.82) is 0 Å². The van der Waals surface area contributed by atoms with E-state index in [0.29, 0.717) is 5.89 Å². The van der Waals surface area contributed by atoms with E-state index < -0.39 is 0 Å². The highest BCUT2D eigenvalue weighted by atomic mass is 16.5. The molecule has 0 bridgehead atoms. The summed E-state index contributed by atoms with van der Waals surface area (Å²) in [6.45, 7) is 9.54. The molecule has 0 radical (unpaired) electrons. The van der Waals surface area contributed by atoms with Crippen molar-refractivity contribution in [3.8, 4) is 22.6 Å². The topological polar surface area (TPSA) is 76.3 Å². The zero-order chi connectivity index (χ0) is 21.9. The molecule has 2 aromatic carbocycles. The summed E-state index contributed by atoms with van der Waals surface area (Å²) in [5, 5.41) is 12.7. The van der Waals surface area contributed by atoms with Crippen LogP contribution < -0.4 is 5.32 Å². The molecule has 164 valence electrons. The molecule has 4 aromatic rings. The van der Waals surface area contributed by atoms with Crippen LogP contribution in [0.15, 0.2) is 53.4 Å². The Hall–Kier alpha value is -3.29. The van der Waals surface area contributed by atoms with Crippen LogP contribution in [0.3, 0.4) is 0 Å². The van der Waals surface area contributed by atoms with Crippen LogP contribution in [0.5, 0.6) is 0 Å². The lowest BCUT2D eigenvalue weighted by Crippen LogP contribution is -2.39. The minimum Gasteiger partial charge on any atom is -0.423 e. The van der Waals surface area contributed by atoms with E-state index in [9.17, 15) is 0 Å². The number of nitrogens with zero attached hydrogens (tertiary/aromatic N) is 4. The smallest absolute Gasteiger partial charge is 0.251 e. The first kappa shape index (κ1) is 20.6. The second kappa shape index (κ2) is 9.06. The van der Waals surface area contributed by atoms with Gasteiger partial charge in [0.15, 0.2) is 0 Å². The number of aromatic nitrogens is 3. The van der Waals surface area contributed by atoms with Crippen LogP contribution in [0.4, 0.5) is 5.69 Å². The third-order valence-corrected chi connectivity index (χ3v) is 6.13. The maximum absolute atomic E-state index is 5.52. The number of pyridine rings is 1. The monoisotopic (exact) mass is 429 g/mol. The molecule has 0 unspecified atom stereocenters. The van der Waals surface area contributed by atoms with Crippen LogP contribution in [-0.4, -0.2) is 59.5 Å². The molecular weight excluding hydrogens is 402 g/mol. The summed E-state index contributed by atoms with van der Waals surface area (Å²) in [4.78, 5) is 7.08. The van der Waals surface area contributed by atoms with Gasteiger partial charge < -0.3 is 14.5 Å². The third-order valence-electron chi connectivity index (χ3n) is 6.13. The van der Waals surface area contributed by atoms with Crippen molar-refractivity contribution in [2.45, 2.75) is 13.8 Å². The first-order valence-corrected chi connectivity index (χ1v) is 11.0. The van der Waals surface area contributed by atoms with Gasteiger partial charge in [-0.2, -0.15) is 0 Å². The Morgan fingerprint density at radius 1 is 1.00 bits per heavy atom. The third kappa shape index (κ3) is 4.22. The second-order valence-corrected chi connectivity index (χ2v) is 8.20. The van der Waals surface area contributed by atoms with Crippen LogP contribution in [0.1, 0.15) is 11.1 Å². The number of nitrogens with one attached hydrogen (secondary N) is 1. The molecular formula is C25H27N5O2. The molecule has 0 amide bonds. The number of rotatable bonds is 6. The Labute approximate surface area is 187 Å². The van der Waals surface area contributed by atoms with Gasteiger partial charge in [0.1, 0.15) is 0 Å². The van der Waals surface area contributed by atoms with Gasteiger partial charge in [-0.1, -0.05) is 24.3 Å². The maximum Gasteiger partial charge on any atom is 0.251 e. The molecule has 0 saturated carbocycles. The number of aryl methyl sites for hydroxylation is 2. The van der Waals surface area contributed by atoms with Crippen LogP contribution in [0.2, 0.25) is 0 Å². The molecule has 2 aromatic heterocycles. The first-order valence-electron chi connectivity index (χ1n) is 11.0. The standard InChI is InChI=1S/C25H27N5O2/c1-17-3-4-19(13-18(17)2)20-5-6-23-21(14-20)24(22(15-27-23)25-29-28-16-32-25)26-7-8-30-9-11-31-12-10-30/h3-6,13-16H,7-12H2,1-2H3,(H,26,27). The highest BCUT2D eigenvalue weighted by molar-refractivity contribution is 6.00. The lowest BCUT2D eigenvalue weighted by Gasteiger charge is -2.27. The predicted molar refractivity (Wildman–Crippen MR) is 126 cm³/mol. The molecule has 1 N–H and O–H groups in total. The number of anilines is 1. The molecule has 0 atom stereocenters. The second-order valence-electron chi connectivity index (χ2n) is 8.20. The molecule has 1 saturated heterocycles. The van der Waals surface area contributed by atoms with E-state index in [0.717, 1.165) is 67.1 Å². The molecule has 1 aliphatic rings. The van der Waals surface area contributed by atoms with E-state index in [1.807, 2.05) is 6.20 Å². The van der Waals surface area contributed by atoms with E-state index in [4.69, 9.17) is 9.15 Å². The van der Waals surface area contributed by atoms with E-state index >= 15 is 0 Å². The minimum absolute atomic E-state index is 0.463. The Morgan fingerprint density at radius 2 is 1.81 bits per heavy atom. The first-order chi connectivity index (χ1) is 15.7. The zero-order valence-corrected chi connectivity index (χ0v) is 18.5. The van der Waals surface area contributed by atoms with Gasteiger partial charge in [0.2, 0.25) is 6.39 Å². The van der Waals surface area contributed by atoms with Gasteiger partial charge in [0, 0.05) is 37.8 Å². The van der Waals surface area contributed by atoms with Gasteiger partial charge >= 0.3 is 0 Å². The van der Waals surface area contributed by atoms with Crippen LogP contribution in [0.25, 0.3) is 33.5 Å². The quantitative estimate of drug-likeness (QED) is 0.489. The van der Waals surface area contributed by atoms with E-state index in [1.165, 1.54) is 23.1 Å². The summed E-state index contributed by atoms with van der Waals surface area (Å²) in [6, 6.07) is 13.0. The minimum atomic E-state index is 0.463. The average molecular weight is 430 g/mol. The van der Waals surface area contributed by atoms with Crippen molar-refractivity contribution in [3.63, 3.8) is 0 Å². The fraction of sp³-hybridized carbons (Fsp3) is 0.320. The molecule has 0 spiro atoms. The summed E-state index contributed by atoms with van der Waals surface area (Å²) in [6.07, 6.45) is 3.16. The van der Waals surface area contributed by atoms with E-state index in [1.54, 1.807) is 0 Å².